The third kappa shape index (κ3) is 3.25. The van der Waals surface area contributed by atoms with Crippen LogP contribution in [0.3, 0.4) is 0 Å². The summed E-state index contributed by atoms with van der Waals surface area (Å²) < 4.78 is 4.29. The number of benzene rings is 2. The van der Waals surface area contributed by atoms with Gasteiger partial charge >= 0.3 is 0 Å². The minimum Gasteiger partial charge on any atom is -0.344 e. The van der Waals surface area contributed by atoms with Crippen LogP contribution in [-0.2, 0) is 6.42 Å². The van der Waals surface area contributed by atoms with Crippen molar-refractivity contribution >= 4 is 39.6 Å². The van der Waals surface area contributed by atoms with E-state index in [-0.39, 0.29) is 0 Å². The van der Waals surface area contributed by atoms with Crippen LogP contribution in [0.4, 0.5) is 5.82 Å². The van der Waals surface area contributed by atoms with Gasteiger partial charge in [-0.2, -0.15) is 10.4 Å². The van der Waals surface area contributed by atoms with Gasteiger partial charge in [0.1, 0.15) is 11.9 Å². The molecule has 33 heavy (non-hydrogen) atoms. The van der Waals surface area contributed by atoms with Gasteiger partial charge in [-0.05, 0) is 56.5 Å². The predicted molar refractivity (Wildman–Crippen MR) is 135 cm³/mol. The third-order valence-corrected chi connectivity index (χ3v) is 6.29. The Labute approximate surface area is 192 Å². The molecule has 164 valence electrons. The number of pyridine rings is 1. The zero-order valence-electron chi connectivity index (χ0n) is 19.3. The number of para-hydroxylation sites is 3. The zero-order chi connectivity index (χ0) is 23.1. The van der Waals surface area contributed by atoms with Crippen LogP contribution in [0.15, 0.2) is 59.8 Å². The minimum absolute atomic E-state index is 0.356. The Morgan fingerprint density at radius 1 is 1.12 bits per heavy atom. The first kappa shape index (κ1) is 20.8. The van der Waals surface area contributed by atoms with Crippen molar-refractivity contribution in [2.45, 2.75) is 40.2 Å². The summed E-state index contributed by atoms with van der Waals surface area (Å²) >= 11 is 0. The van der Waals surface area contributed by atoms with Crippen molar-refractivity contribution in [1.29, 1.82) is 5.26 Å². The van der Waals surface area contributed by atoms with Gasteiger partial charge in [-0.15, -0.1) is 0 Å². The van der Waals surface area contributed by atoms with Crippen LogP contribution in [-0.4, -0.2) is 20.2 Å². The topological polar surface area (TPSA) is 70.4 Å². The Hall–Kier alpha value is -4.11. The molecule has 0 aliphatic heterocycles. The lowest BCUT2D eigenvalue weighted by Crippen LogP contribution is -2.07. The highest BCUT2D eigenvalue weighted by molar-refractivity contribution is 5.99. The number of nitrogens with one attached hydrogen (secondary N) is 1. The van der Waals surface area contributed by atoms with E-state index in [1.54, 1.807) is 0 Å². The Morgan fingerprint density at radius 2 is 1.85 bits per heavy atom. The highest BCUT2D eigenvalue weighted by atomic mass is 15.3. The van der Waals surface area contributed by atoms with Gasteiger partial charge in [0.25, 0.3) is 0 Å². The molecule has 0 saturated heterocycles. The number of anilines is 1. The monoisotopic (exact) mass is 434 g/mol. The van der Waals surface area contributed by atoms with Crippen molar-refractivity contribution in [3.05, 3.63) is 77.0 Å². The summed E-state index contributed by atoms with van der Waals surface area (Å²) in [5.41, 5.74) is 10.6. The SMILES string of the molecule is CCc1c(C)c(C#N)c2nc3ccccc3n2c1NN=Cc1cn(C(C)C)c2ccccc12. The molecule has 3 heterocycles. The van der Waals surface area contributed by atoms with Crippen LogP contribution in [0, 0.1) is 18.3 Å². The molecule has 1 N–H and O–H groups in total. The average Bonchev–Trinajstić information content (AvgIpc) is 3.38. The van der Waals surface area contributed by atoms with Crippen LogP contribution in [0.2, 0.25) is 0 Å². The molecule has 2 aromatic carbocycles. The summed E-state index contributed by atoms with van der Waals surface area (Å²) in [5.74, 6) is 0.849. The summed E-state index contributed by atoms with van der Waals surface area (Å²) in [7, 11) is 0. The molecule has 5 aromatic rings. The largest absolute Gasteiger partial charge is 0.344 e. The minimum atomic E-state index is 0.356. The maximum atomic E-state index is 9.87. The molecular weight excluding hydrogens is 408 g/mol. The van der Waals surface area contributed by atoms with E-state index < -0.39 is 0 Å². The van der Waals surface area contributed by atoms with Crippen LogP contribution in [0.5, 0.6) is 0 Å². The van der Waals surface area contributed by atoms with Crippen molar-refractivity contribution in [2.24, 2.45) is 5.10 Å². The van der Waals surface area contributed by atoms with Gasteiger partial charge in [0, 0.05) is 28.7 Å². The molecule has 0 amide bonds. The van der Waals surface area contributed by atoms with Crippen molar-refractivity contribution in [1.82, 2.24) is 14.0 Å². The second kappa shape index (κ2) is 8.10. The number of nitriles is 1. The average molecular weight is 435 g/mol. The molecule has 3 aromatic heterocycles. The maximum absolute atomic E-state index is 9.87. The molecule has 0 fully saturated rings. The summed E-state index contributed by atoms with van der Waals surface area (Å²) in [5, 5.41) is 15.7. The zero-order valence-corrected chi connectivity index (χ0v) is 19.3. The smallest absolute Gasteiger partial charge is 0.157 e. The number of imidazole rings is 1. The van der Waals surface area contributed by atoms with E-state index in [4.69, 9.17) is 4.98 Å². The van der Waals surface area contributed by atoms with Crippen molar-refractivity contribution < 1.29 is 0 Å². The fraction of sp³-hybridized carbons (Fsp3) is 0.222. The number of fused-ring (bicyclic) bond motifs is 4. The Morgan fingerprint density at radius 3 is 2.58 bits per heavy atom. The van der Waals surface area contributed by atoms with Crippen molar-refractivity contribution in [3.8, 4) is 6.07 Å². The fourth-order valence-electron chi connectivity index (χ4n) is 4.66. The Bertz CT molecular complexity index is 1580. The standard InChI is InChI=1S/C27H26N6/c1-5-20-18(4)22(14-28)26-30-23-11-7-9-13-25(23)33(26)27(20)31-29-15-19-16-32(17(2)3)24-12-8-6-10-21(19)24/h6-13,15-17,31H,5H2,1-4H3. The molecule has 0 aliphatic carbocycles. The highest BCUT2D eigenvalue weighted by Crippen LogP contribution is 2.31. The molecule has 6 nitrogen and oxygen atoms in total. The molecule has 6 heteroatoms. The maximum Gasteiger partial charge on any atom is 0.157 e. The quantitative estimate of drug-likeness (QED) is 0.264. The fourth-order valence-corrected chi connectivity index (χ4v) is 4.66. The normalized spacial score (nSPS) is 11.9. The van der Waals surface area contributed by atoms with Gasteiger partial charge in [0.15, 0.2) is 5.65 Å². The summed E-state index contributed by atoms with van der Waals surface area (Å²) in [4.78, 5) is 4.76. The first-order valence-electron chi connectivity index (χ1n) is 11.3. The highest BCUT2D eigenvalue weighted by Gasteiger charge is 2.19. The van der Waals surface area contributed by atoms with Gasteiger partial charge in [-0.25, -0.2) is 4.98 Å². The van der Waals surface area contributed by atoms with E-state index in [9.17, 15) is 5.26 Å². The number of hydrogen-bond acceptors (Lipinski definition) is 4. The van der Waals surface area contributed by atoms with E-state index in [1.807, 2.05) is 41.8 Å². The van der Waals surface area contributed by atoms with Crippen molar-refractivity contribution in [2.75, 3.05) is 5.43 Å². The molecular formula is C27H26N6. The van der Waals surface area contributed by atoms with E-state index >= 15 is 0 Å². The molecule has 0 radical (unpaired) electrons. The predicted octanol–water partition coefficient (Wildman–Crippen LogP) is 6.21. The van der Waals surface area contributed by atoms with Crippen LogP contribution in [0.1, 0.15) is 49.1 Å². The molecule has 0 atom stereocenters. The summed E-state index contributed by atoms with van der Waals surface area (Å²) in [6, 6.07) is 19.0. The van der Waals surface area contributed by atoms with E-state index in [2.05, 4.69) is 72.4 Å². The molecule has 0 unspecified atom stereocenters. The second-order valence-corrected chi connectivity index (χ2v) is 8.52. The first-order valence-corrected chi connectivity index (χ1v) is 11.3. The van der Waals surface area contributed by atoms with Crippen LogP contribution >= 0.6 is 0 Å². The van der Waals surface area contributed by atoms with Gasteiger partial charge in [0.05, 0.1) is 22.8 Å². The van der Waals surface area contributed by atoms with E-state index in [1.165, 1.54) is 10.9 Å². The third-order valence-electron chi connectivity index (χ3n) is 6.29. The van der Waals surface area contributed by atoms with E-state index in [0.717, 1.165) is 40.0 Å². The number of hydrazone groups is 1. The Kier molecular flexibility index (Phi) is 5.10. The van der Waals surface area contributed by atoms with E-state index in [0.29, 0.717) is 17.3 Å². The summed E-state index contributed by atoms with van der Waals surface area (Å²) in [6.07, 6.45) is 4.79. The molecule has 0 bridgehead atoms. The second-order valence-electron chi connectivity index (χ2n) is 8.52. The lowest BCUT2D eigenvalue weighted by Gasteiger charge is -2.15. The first-order chi connectivity index (χ1) is 16.0. The van der Waals surface area contributed by atoms with Gasteiger partial charge in [0.2, 0.25) is 0 Å². The number of nitrogens with zero attached hydrogens (tertiary/aromatic N) is 5. The lowest BCUT2D eigenvalue weighted by atomic mass is 10.0. The van der Waals surface area contributed by atoms with Crippen LogP contribution < -0.4 is 5.43 Å². The summed E-state index contributed by atoms with van der Waals surface area (Å²) in [6.45, 7) is 8.45. The molecule has 5 rings (SSSR count). The molecule has 0 aliphatic rings. The Balaban J connectivity index is 1.67. The van der Waals surface area contributed by atoms with Gasteiger partial charge in [-0.1, -0.05) is 37.3 Å². The van der Waals surface area contributed by atoms with Gasteiger partial charge in [-0.3, -0.25) is 9.83 Å². The molecule has 0 spiro atoms. The van der Waals surface area contributed by atoms with Crippen LogP contribution in [0.25, 0.3) is 27.6 Å². The van der Waals surface area contributed by atoms with Gasteiger partial charge < -0.3 is 4.57 Å². The number of rotatable bonds is 5. The lowest BCUT2D eigenvalue weighted by molar-refractivity contribution is 0.623. The van der Waals surface area contributed by atoms with Crippen molar-refractivity contribution in [3.63, 3.8) is 0 Å². The number of aromatic nitrogens is 3. The molecule has 0 saturated carbocycles. The number of hydrogen-bond donors (Lipinski definition) is 1.